The number of nitrogens with one attached hydrogen (secondary N) is 1. The summed E-state index contributed by atoms with van der Waals surface area (Å²) in [6, 6.07) is 4.05. The van der Waals surface area contributed by atoms with Gasteiger partial charge in [0.1, 0.15) is 5.76 Å². The monoisotopic (exact) mass is 286 g/mol. The number of hydrazine groups is 1. The molecule has 4 heteroatoms. The third-order valence-electron chi connectivity index (χ3n) is 3.43. The molecule has 0 spiro atoms. The minimum absolute atomic E-state index is 0.148. The van der Waals surface area contributed by atoms with Crippen molar-refractivity contribution in [3.63, 3.8) is 0 Å². The van der Waals surface area contributed by atoms with Crippen molar-refractivity contribution < 1.29 is 4.42 Å². The Balaban J connectivity index is 1.94. The van der Waals surface area contributed by atoms with Crippen LogP contribution in [0, 0.1) is 5.92 Å². The molecule has 1 aliphatic carbocycles. The number of hydrogen-bond donors (Lipinski definition) is 2. The van der Waals surface area contributed by atoms with Gasteiger partial charge in [-0.1, -0.05) is 32.1 Å². The van der Waals surface area contributed by atoms with Crippen LogP contribution in [0.1, 0.15) is 50.3 Å². The molecule has 1 heterocycles. The molecule has 0 radical (unpaired) electrons. The third-order valence-corrected chi connectivity index (χ3v) is 3.86. The van der Waals surface area contributed by atoms with Crippen molar-refractivity contribution in [2.24, 2.45) is 11.8 Å². The normalized spacial score (nSPS) is 19.9. The molecule has 1 saturated carbocycles. The molecule has 90 valence electrons. The second-order valence-corrected chi connectivity index (χ2v) is 5.38. The molecule has 0 bridgehead atoms. The lowest BCUT2D eigenvalue weighted by atomic mass is 9.84. The van der Waals surface area contributed by atoms with Crippen LogP contribution in [0.25, 0.3) is 0 Å². The smallest absolute Gasteiger partial charge is 0.169 e. The van der Waals surface area contributed by atoms with Crippen LogP contribution in [0.4, 0.5) is 0 Å². The molecule has 2 rings (SSSR count). The fourth-order valence-corrected chi connectivity index (χ4v) is 2.86. The van der Waals surface area contributed by atoms with E-state index in [9.17, 15) is 0 Å². The third kappa shape index (κ3) is 3.09. The van der Waals surface area contributed by atoms with Crippen molar-refractivity contribution in [2.45, 2.75) is 44.6 Å². The van der Waals surface area contributed by atoms with Gasteiger partial charge in [-0.25, -0.2) is 5.43 Å². The molecule has 3 nitrogen and oxygen atoms in total. The molecule has 0 amide bonds. The highest BCUT2D eigenvalue weighted by molar-refractivity contribution is 9.10. The van der Waals surface area contributed by atoms with Gasteiger partial charge in [0.25, 0.3) is 0 Å². The first kappa shape index (κ1) is 12.1. The Morgan fingerprint density at radius 3 is 2.69 bits per heavy atom. The van der Waals surface area contributed by atoms with Crippen LogP contribution in [0.15, 0.2) is 21.2 Å². The van der Waals surface area contributed by atoms with Crippen molar-refractivity contribution in [3.05, 3.63) is 22.6 Å². The molecule has 1 unspecified atom stereocenters. The van der Waals surface area contributed by atoms with Gasteiger partial charge in [0.05, 0.1) is 6.04 Å². The quantitative estimate of drug-likeness (QED) is 0.658. The Bertz CT molecular complexity index is 321. The van der Waals surface area contributed by atoms with Gasteiger partial charge in [-0.2, -0.15) is 0 Å². The van der Waals surface area contributed by atoms with E-state index in [0.717, 1.165) is 22.8 Å². The Morgan fingerprint density at radius 1 is 1.38 bits per heavy atom. The van der Waals surface area contributed by atoms with Crippen molar-refractivity contribution in [1.29, 1.82) is 0 Å². The van der Waals surface area contributed by atoms with Gasteiger partial charge in [-0.3, -0.25) is 5.84 Å². The lowest BCUT2D eigenvalue weighted by molar-refractivity contribution is 0.280. The number of rotatable bonds is 4. The first-order valence-corrected chi connectivity index (χ1v) is 6.80. The van der Waals surface area contributed by atoms with Crippen molar-refractivity contribution in [2.75, 3.05) is 0 Å². The minimum atomic E-state index is 0.148. The molecule has 0 saturated heterocycles. The fraction of sp³-hybridized carbons (Fsp3) is 0.667. The first-order valence-electron chi connectivity index (χ1n) is 6.01. The lowest BCUT2D eigenvalue weighted by Gasteiger charge is -2.25. The summed E-state index contributed by atoms with van der Waals surface area (Å²) in [5.74, 6) is 7.33. The maximum atomic E-state index is 5.61. The second kappa shape index (κ2) is 5.84. The van der Waals surface area contributed by atoms with E-state index in [-0.39, 0.29) is 6.04 Å². The Morgan fingerprint density at radius 2 is 2.12 bits per heavy atom. The molecule has 3 N–H and O–H groups in total. The molecule has 1 aliphatic rings. The van der Waals surface area contributed by atoms with E-state index in [4.69, 9.17) is 10.3 Å². The van der Waals surface area contributed by atoms with Gasteiger partial charge in [0, 0.05) is 0 Å². The van der Waals surface area contributed by atoms with Gasteiger partial charge < -0.3 is 4.42 Å². The van der Waals surface area contributed by atoms with Crippen LogP contribution < -0.4 is 11.3 Å². The van der Waals surface area contributed by atoms with Crippen molar-refractivity contribution in [3.8, 4) is 0 Å². The van der Waals surface area contributed by atoms with E-state index in [2.05, 4.69) is 21.4 Å². The summed E-state index contributed by atoms with van der Waals surface area (Å²) in [4.78, 5) is 0. The SMILES string of the molecule is NNC(CC1CCCCC1)c1ccc(Br)o1. The molecule has 0 aliphatic heterocycles. The maximum Gasteiger partial charge on any atom is 0.169 e. The predicted molar refractivity (Wildman–Crippen MR) is 67.7 cm³/mol. The van der Waals surface area contributed by atoms with Gasteiger partial charge in [-0.05, 0) is 40.4 Å². The second-order valence-electron chi connectivity index (χ2n) is 4.60. The number of halogens is 1. The first-order chi connectivity index (χ1) is 7.79. The summed E-state index contributed by atoms with van der Waals surface area (Å²) in [5, 5.41) is 0. The highest BCUT2D eigenvalue weighted by atomic mass is 79.9. The van der Waals surface area contributed by atoms with Gasteiger partial charge in [0.15, 0.2) is 4.67 Å². The molecular formula is C12H19BrN2O. The highest BCUT2D eigenvalue weighted by Gasteiger charge is 2.21. The highest BCUT2D eigenvalue weighted by Crippen LogP contribution is 2.32. The van der Waals surface area contributed by atoms with Crippen molar-refractivity contribution in [1.82, 2.24) is 5.43 Å². The molecule has 0 aromatic carbocycles. The van der Waals surface area contributed by atoms with Gasteiger partial charge in [0.2, 0.25) is 0 Å². The molecule has 1 aromatic heterocycles. The Hall–Kier alpha value is -0.320. The number of furan rings is 1. The summed E-state index contributed by atoms with van der Waals surface area (Å²) < 4.78 is 6.32. The summed E-state index contributed by atoms with van der Waals surface area (Å²) in [6.45, 7) is 0. The Kier molecular flexibility index (Phi) is 4.44. The summed E-state index contributed by atoms with van der Waals surface area (Å²) in [7, 11) is 0. The molecule has 1 aromatic rings. The summed E-state index contributed by atoms with van der Waals surface area (Å²) in [6.07, 6.45) is 7.87. The predicted octanol–water partition coefficient (Wildman–Crippen LogP) is 3.52. The van der Waals surface area contributed by atoms with Crippen LogP contribution in [0.3, 0.4) is 0 Å². The van der Waals surface area contributed by atoms with E-state index < -0.39 is 0 Å². The van der Waals surface area contributed by atoms with Gasteiger partial charge >= 0.3 is 0 Å². The van der Waals surface area contributed by atoms with E-state index >= 15 is 0 Å². The molecule has 1 atom stereocenters. The lowest BCUT2D eigenvalue weighted by Crippen LogP contribution is -2.29. The molecule has 1 fully saturated rings. The number of hydrogen-bond acceptors (Lipinski definition) is 3. The van der Waals surface area contributed by atoms with E-state index in [1.165, 1.54) is 32.1 Å². The zero-order chi connectivity index (χ0) is 11.4. The van der Waals surface area contributed by atoms with Crippen LogP contribution in [0.5, 0.6) is 0 Å². The van der Waals surface area contributed by atoms with Crippen LogP contribution in [-0.4, -0.2) is 0 Å². The maximum absolute atomic E-state index is 5.61. The van der Waals surface area contributed by atoms with Crippen molar-refractivity contribution >= 4 is 15.9 Å². The van der Waals surface area contributed by atoms with E-state index in [0.29, 0.717) is 0 Å². The van der Waals surface area contributed by atoms with E-state index in [1.807, 2.05) is 12.1 Å². The minimum Gasteiger partial charge on any atom is -0.453 e. The zero-order valence-electron chi connectivity index (χ0n) is 9.42. The number of nitrogens with two attached hydrogens (primary N) is 1. The van der Waals surface area contributed by atoms with Crippen LogP contribution in [-0.2, 0) is 0 Å². The van der Waals surface area contributed by atoms with Crippen LogP contribution in [0.2, 0.25) is 0 Å². The molecule has 16 heavy (non-hydrogen) atoms. The van der Waals surface area contributed by atoms with Gasteiger partial charge in [-0.15, -0.1) is 0 Å². The average molecular weight is 287 g/mol. The Labute approximate surface area is 105 Å². The largest absolute Gasteiger partial charge is 0.453 e. The van der Waals surface area contributed by atoms with E-state index in [1.54, 1.807) is 0 Å². The standard InChI is InChI=1S/C12H19BrN2O/c13-12-7-6-11(16-12)10(15-14)8-9-4-2-1-3-5-9/h6-7,9-10,15H,1-5,8,14H2. The summed E-state index contributed by atoms with van der Waals surface area (Å²) >= 11 is 3.32. The summed E-state index contributed by atoms with van der Waals surface area (Å²) in [5.41, 5.74) is 2.86. The molecular weight excluding hydrogens is 268 g/mol. The average Bonchev–Trinajstić information content (AvgIpc) is 2.74. The topological polar surface area (TPSA) is 51.2 Å². The fourth-order valence-electron chi connectivity index (χ4n) is 2.54. The zero-order valence-corrected chi connectivity index (χ0v) is 11.0. The van der Waals surface area contributed by atoms with Crippen LogP contribution >= 0.6 is 15.9 Å².